The molecule has 2 heterocycles. The molecule has 28 heavy (non-hydrogen) atoms. The number of pyridine rings is 1. The van der Waals surface area contributed by atoms with E-state index in [0.29, 0.717) is 6.04 Å². The molecule has 6 heteroatoms. The Morgan fingerprint density at radius 3 is 2.61 bits per heavy atom. The van der Waals surface area contributed by atoms with Crippen LogP contribution in [0.2, 0.25) is 0 Å². The van der Waals surface area contributed by atoms with Crippen LogP contribution in [0.25, 0.3) is 11.3 Å². The summed E-state index contributed by atoms with van der Waals surface area (Å²) in [4.78, 5) is 11.5. The lowest BCUT2D eigenvalue weighted by Gasteiger charge is -2.33. The fourth-order valence-corrected chi connectivity index (χ4v) is 3.80. The van der Waals surface area contributed by atoms with Crippen molar-refractivity contribution in [3.8, 4) is 11.3 Å². The first-order valence-electron chi connectivity index (χ1n) is 10.0. The molecule has 1 aromatic heterocycles. The number of piperidine rings is 1. The number of aliphatic imine (C=N–C) groups is 1. The number of benzene rings is 1. The van der Waals surface area contributed by atoms with Gasteiger partial charge in [0, 0.05) is 50.5 Å². The highest BCUT2D eigenvalue weighted by Gasteiger charge is 2.31. The van der Waals surface area contributed by atoms with Crippen molar-refractivity contribution in [3.05, 3.63) is 54.2 Å². The van der Waals surface area contributed by atoms with Crippen LogP contribution in [-0.4, -0.2) is 48.1 Å². The van der Waals surface area contributed by atoms with Gasteiger partial charge in [0.2, 0.25) is 0 Å². The number of hydrogen-bond acceptors (Lipinski definition) is 3. The lowest BCUT2D eigenvalue weighted by molar-refractivity contribution is 0.197. The topological polar surface area (TPSA) is 52.6 Å². The number of guanidine groups is 1. The molecule has 0 radical (unpaired) electrons. The monoisotopic (exact) mass is 491 g/mol. The van der Waals surface area contributed by atoms with Crippen molar-refractivity contribution in [2.24, 2.45) is 4.99 Å². The molecule has 0 amide bonds. The molecule has 1 saturated heterocycles. The number of nitrogens with one attached hydrogen (secondary N) is 2. The van der Waals surface area contributed by atoms with Crippen molar-refractivity contribution in [3.63, 3.8) is 0 Å². The molecule has 2 N–H and O–H groups in total. The van der Waals surface area contributed by atoms with Gasteiger partial charge in [0.1, 0.15) is 0 Å². The first-order valence-corrected chi connectivity index (χ1v) is 10.0. The maximum absolute atomic E-state index is 4.44. The number of nitrogens with zero attached hydrogens (tertiary/aromatic N) is 3. The van der Waals surface area contributed by atoms with Crippen LogP contribution >= 0.6 is 24.0 Å². The second-order valence-corrected chi connectivity index (χ2v) is 7.53. The van der Waals surface area contributed by atoms with Crippen LogP contribution < -0.4 is 10.6 Å². The summed E-state index contributed by atoms with van der Waals surface area (Å²) in [6.07, 6.45) is 7.04. The van der Waals surface area contributed by atoms with Crippen LogP contribution in [-0.2, 0) is 6.54 Å². The number of rotatable bonds is 5. The molecule has 2 aromatic rings. The minimum Gasteiger partial charge on any atom is -0.354 e. The summed E-state index contributed by atoms with van der Waals surface area (Å²) < 4.78 is 0. The first-order chi connectivity index (χ1) is 13.3. The zero-order chi connectivity index (χ0) is 18.5. The molecule has 150 valence electrons. The van der Waals surface area contributed by atoms with Gasteiger partial charge in [-0.05, 0) is 49.4 Å². The largest absolute Gasteiger partial charge is 0.354 e. The van der Waals surface area contributed by atoms with Crippen LogP contribution in [0.5, 0.6) is 0 Å². The zero-order valence-electron chi connectivity index (χ0n) is 16.5. The van der Waals surface area contributed by atoms with E-state index < -0.39 is 0 Å². The van der Waals surface area contributed by atoms with E-state index in [1.54, 1.807) is 0 Å². The van der Waals surface area contributed by atoms with E-state index in [-0.39, 0.29) is 24.0 Å². The van der Waals surface area contributed by atoms with Gasteiger partial charge < -0.3 is 15.5 Å². The average Bonchev–Trinajstić information content (AvgIpc) is 3.58. The highest BCUT2D eigenvalue weighted by molar-refractivity contribution is 14.0. The van der Waals surface area contributed by atoms with Crippen molar-refractivity contribution in [2.75, 3.05) is 20.1 Å². The fourth-order valence-electron chi connectivity index (χ4n) is 3.80. The number of aromatic nitrogens is 1. The van der Waals surface area contributed by atoms with Gasteiger partial charge >= 0.3 is 0 Å². The lowest BCUT2D eigenvalue weighted by Crippen LogP contribution is -2.48. The molecular formula is C22H30IN5. The van der Waals surface area contributed by atoms with E-state index in [1.165, 1.54) is 44.3 Å². The molecule has 4 rings (SSSR count). The Labute approximate surface area is 185 Å². The molecule has 5 nitrogen and oxygen atoms in total. The number of hydrogen-bond donors (Lipinski definition) is 2. The van der Waals surface area contributed by atoms with Crippen LogP contribution in [0, 0.1) is 0 Å². The van der Waals surface area contributed by atoms with E-state index in [2.05, 4.69) is 49.8 Å². The molecule has 2 fully saturated rings. The Bertz CT molecular complexity index is 768. The van der Waals surface area contributed by atoms with Crippen LogP contribution in [0.1, 0.15) is 31.2 Å². The SMILES string of the molecule is CN=C(NCc1cccc(-c2ccccn2)c1)NC1CCN(C2CC2)CC1.I. The second-order valence-electron chi connectivity index (χ2n) is 7.53. The molecule has 0 atom stereocenters. The Morgan fingerprint density at radius 1 is 1.11 bits per heavy atom. The van der Waals surface area contributed by atoms with Gasteiger partial charge in [-0.25, -0.2) is 0 Å². The highest BCUT2D eigenvalue weighted by Crippen LogP contribution is 2.29. The van der Waals surface area contributed by atoms with E-state index in [9.17, 15) is 0 Å². The zero-order valence-corrected chi connectivity index (χ0v) is 18.8. The molecule has 1 aromatic carbocycles. The van der Waals surface area contributed by atoms with E-state index in [4.69, 9.17) is 0 Å². The van der Waals surface area contributed by atoms with E-state index in [1.807, 2.05) is 31.4 Å². The maximum Gasteiger partial charge on any atom is 0.191 e. The third kappa shape index (κ3) is 5.67. The molecule has 0 unspecified atom stereocenters. The predicted octanol–water partition coefficient (Wildman–Crippen LogP) is 3.66. The average molecular weight is 491 g/mol. The summed E-state index contributed by atoms with van der Waals surface area (Å²) in [5.41, 5.74) is 3.37. The molecular weight excluding hydrogens is 461 g/mol. The van der Waals surface area contributed by atoms with Crippen LogP contribution in [0.3, 0.4) is 0 Å². The van der Waals surface area contributed by atoms with Crippen LogP contribution in [0.4, 0.5) is 0 Å². The standard InChI is InChI=1S/C22H29N5.HI/c1-23-22(26-19-10-13-27(14-11-19)20-8-9-20)25-16-17-5-4-6-18(15-17)21-7-2-3-12-24-21;/h2-7,12,15,19-20H,8-11,13-14,16H2,1H3,(H2,23,25,26);1H. The van der Waals surface area contributed by atoms with Gasteiger partial charge in [0.05, 0.1) is 5.69 Å². The molecule has 1 saturated carbocycles. The van der Waals surface area contributed by atoms with Crippen molar-refractivity contribution >= 4 is 29.9 Å². The van der Waals surface area contributed by atoms with Crippen LogP contribution in [0.15, 0.2) is 53.7 Å². The van der Waals surface area contributed by atoms with Gasteiger partial charge in [-0.3, -0.25) is 9.98 Å². The van der Waals surface area contributed by atoms with Gasteiger partial charge in [-0.1, -0.05) is 24.3 Å². The van der Waals surface area contributed by atoms with Crippen molar-refractivity contribution in [2.45, 2.75) is 44.3 Å². The van der Waals surface area contributed by atoms with Crippen molar-refractivity contribution < 1.29 is 0 Å². The summed E-state index contributed by atoms with van der Waals surface area (Å²) in [6.45, 7) is 3.18. The maximum atomic E-state index is 4.44. The van der Waals surface area contributed by atoms with Gasteiger partial charge in [0.25, 0.3) is 0 Å². The van der Waals surface area contributed by atoms with Crippen molar-refractivity contribution in [1.29, 1.82) is 0 Å². The number of halogens is 1. The minimum absolute atomic E-state index is 0. The first kappa shape index (κ1) is 21.0. The molecule has 1 aliphatic heterocycles. The summed E-state index contributed by atoms with van der Waals surface area (Å²) in [5.74, 6) is 0.892. The summed E-state index contributed by atoms with van der Waals surface area (Å²) >= 11 is 0. The Hall–Kier alpha value is -1.67. The molecule has 0 spiro atoms. The normalized spacial score (nSPS) is 18.4. The predicted molar refractivity (Wildman–Crippen MR) is 126 cm³/mol. The third-order valence-electron chi connectivity index (χ3n) is 5.50. The lowest BCUT2D eigenvalue weighted by atomic mass is 10.1. The van der Waals surface area contributed by atoms with E-state index >= 15 is 0 Å². The quantitative estimate of drug-likeness (QED) is 0.381. The fraction of sp³-hybridized carbons (Fsp3) is 0.455. The summed E-state index contributed by atoms with van der Waals surface area (Å²) in [5, 5.41) is 7.06. The molecule has 2 aliphatic rings. The van der Waals surface area contributed by atoms with Gasteiger partial charge in [-0.15, -0.1) is 24.0 Å². The molecule has 0 bridgehead atoms. The summed E-state index contributed by atoms with van der Waals surface area (Å²) in [6, 6.07) is 15.9. The third-order valence-corrected chi connectivity index (χ3v) is 5.50. The minimum atomic E-state index is 0. The highest BCUT2D eigenvalue weighted by atomic mass is 127. The number of likely N-dealkylation sites (tertiary alicyclic amines) is 1. The molecule has 1 aliphatic carbocycles. The Balaban J connectivity index is 0.00000225. The van der Waals surface area contributed by atoms with Gasteiger partial charge in [-0.2, -0.15) is 0 Å². The second kappa shape index (κ2) is 10.2. The van der Waals surface area contributed by atoms with E-state index in [0.717, 1.165) is 29.8 Å². The summed E-state index contributed by atoms with van der Waals surface area (Å²) in [7, 11) is 1.85. The van der Waals surface area contributed by atoms with Crippen molar-refractivity contribution in [1.82, 2.24) is 20.5 Å². The Morgan fingerprint density at radius 2 is 1.93 bits per heavy atom. The smallest absolute Gasteiger partial charge is 0.191 e. The Kier molecular flexibility index (Phi) is 7.67. The van der Waals surface area contributed by atoms with Gasteiger partial charge in [0.15, 0.2) is 5.96 Å².